The second-order valence-electron chi connectivity index (χ2n) is 6.61. The molecule has 1 aliphatic rings. The van der Waals surface area contributed by atoms with Gasteiger partial charge in [0.2, 0.25) is 0 Å². The van der Waals surface area contributed by atoms with E-state index in [1.54, 1.807) is 12.4 Å². The monoisotopic (exact) mass is 353 g/mol. The molecule has 0 radical (unpaired) electrons. The van der Waals surface area contributed by atoms with E-state index in [9.17, 15) is 5.11 Å². The molecule has 136 valence electrons. The summed E-state index contributed by atoms with van der Waals surface area (Å²) in [5.74, 6) is 0.693. The van der Waals surface area contributed by atoms with E-state index in [-0.39, 0.29) is 6.10 Å². The average Bonchev–Trinajstić information content (AvgIpc) is 3.38. The Bertz CT molecular complexity index is 802. The largest absolute Gasteiger partial charge is 0.483 e. The lowest BCUT2D eigenvalue weighted by molar-refractivity contribution is 0.0736. The summed E-state index contributed by atoms with van der Waals surface area (Å²) in [5.41, 5.74) is 1.19. The first kappa shape index (κ1) is 16.8. The second kappa shape index (κ2) is 7.72. The maximum Gasteiger partial charge on any atom is 0.157 e. The van der Waals surface area contributed by atoms with Crippen molar-refractivity contribution in [3.8, 4) is 5.75 Å². The van der Waals surface area contributed by atoms with E-state index < -0.39 is 6.10 Å². The Morgan fingerprint density at radius 2 is 1.92 bits per heavy atom. The highest BCUT2D eigenvalue weighted by Gasteiger charge is 2.33. The zero-order valence-corrected chi connectivity index (χ0v) is 14.6. The maximum atomic E-state index is 10.3. The van der Waals surface area contributed by atoms with Gasteiger partial charge in [0.05, 0.1) is 25.5 Å². The second-order valence-corrected chi connectivity index (χ2v) is 6.61. The highest BCUT2D eigenvalue weighted by molar-refractivity contribution is 5.17. The van der Waals surface area contributed by atoms with Crippen molar-refractivity contribution in [1.82, 2.24) is 24.5 Å². The van der Waals surface area contributed by atoms with Crippen LogP contribution in [0.2, 0.25) is 0 Å². The Kier molecular flexibility index (Phi) is 4.99. The van der Waals surface area contributed by atoms with E-state index in [1.165, 1.54) is 5.56 Å². The molecule has 0 unspecified atom stereocenters. The lowest BCUT2D eigenvalue weighted by Gasteiger charge is -2.16. The molecule has 0 bridgehead atoms. The number of β-amino-alcohol motifs (C(OH)–C–C–N with tert-alkyl or cyclic N) is 1. The van der Waals surface area contributed by atoms with Crippen LogP contribution in [0.1, 0.15) is 5.56 Å². The van der Waals surface area contributed by atoms with Gasteiger partial charge in [-0.05, 0) is 11.6 Å². The van der Waals surface area contributed by atoms with Gasteiger partial charge in [0.15, 0.2) is 5.75 Å². The standard InChI is InChI=1S/C19H23N5O2/c25-18-14-22(9-10-23-8-4-7-20-23)15-19(18)26-17-11-21-24(13-17)12-16-5-2-1-3-6-16/h1-8,11,13,18-19,25H,9-10,12,14-15H2/t18-,19-/m1/s1. The molecule has 0 amide bonds. The molecule has 1 N–H and O–H groups in total. The number of hydrogen-bond donors (Lipinski definition) is 1. The highest BCUT2D eigenvalue weighted by Crippen LogP contribution is 2.19. The lowest BCUT2D eigenvalue weighted by Crippen LogP contribution is -2.30. The van der Waals surface area contributed by atoms with Crippen LogP contribution in [0.25, 0.3) is 0 Å². The van der Waals surface area contributed by atoms with Crippen LogP contribution in [0.15, 0.2) is 61.2 Å². The Morgan fingerprint density at radius 3 is 2.73 bits per heavy atom. The molecule has 2 atom stereocenters. The van der Waals surface area contributed by atoms with Crippen molar-refractivity contribution >= 4 is 0 Å². The zero-order valence-electron chi connectivity index (χ0n) is 14.6. The highest BCUT2D eigenvalue weighted by atomic mass is 16.5. The van der Waals surface area contributed by atoms with Gasteiger partial charge in [-0.2, -0.15) is 10.2 Å². The summed E-state index contributed by atoms with van der Waals surface area (Å²) >= 11 is 0. The molecule has 1 aliphatic heterocycles. The third-order valence-electron chi connectivity index (χ3n) is 4.60. The summed E-state index contributed by atoms with van der Waals surface area (Å²) in [7, 11) is 0. The number of rotatable bonds is 7. The topological polar surface area (TPSA) is 68.3 Å². The Morgan fingerprint density at radius 1 is 1.04 bits per heavy atom. The molecular formula is C19H23N5O2. The smallest absolute Gasteiger partial charge is 0.157 e. The average molecular weight is 353 g/mol. The predicted molar refractivity (Wildman–Crippen MR) is 96.9 cm³/mol. The first-order chi connectivity index (χ1) is 12.8. The molecule has 7 nitrogen and oxygen atoms in total. The summed E-state index contributed by atoms with van der Waals surface area (Å²) in [5, 5.41) is 18.9. The zero-order chi connectivity index (χ0) is 17.8. The fourth-order valence-corrected chi connectivity index (χ4v) is 3.24. The van der Waals surface area contributed by atoms with Crippen molar-refractivity contribution in [3.05, 3.63) is 66.7 Å². The van der Waals surface area contributed by atoms with Gasteiger partial charge in [0.1, 0.15) is 12.2 Å². The van der Waals surface area contributed by atoms with Crippen LogP contribution >= 0.6 is 0 Å². The van der Waals surface area contributed by atoms with Crippen LogP contribution < -0.4 is 4.74 Å². The summed E-state index contributed by atoms with van der Waals surface area (Å²) in [6.45, 7) is 3.66. The fraction of sp³-hybridized carbons (Fsp3) is 0.368. The van der Waals surface area contributed by atoms with Crippen molar-refractivity contribution in [1.29, 1.82) is 0 Å². The Balaban J connectivity index is 1.30. The molecule has 1 fully saturated rings. The van der Waals surface area contributed by atoms with Crippen molar-refractivity contribution in [2.45, 2.75) is 25.3 Å². The fourth-order valence-electron chi connectivity index (χ4n) is 3.24. The van der Waals surface area contributed by atoms with Crippen LogP contribution in [-0.4, -0.2) is 61.4 Å². The van der Waals surface area contributed by atoms with Crippen LogP contribution in [0, 0.1) is 0 Å². The van der Waals surface area contributed by atoms with E-state index in [1.807, 2.05) is 46.0 Å². The summed E-state index contributed by atoms with van der Waals surface area (Å²) in [4.78, 5) is 2.20. The number of benzene rings is 1. The normalized spacial score (nSPS) is 20.5. The van der Waals surface area contributed by atoms with Gasteiger partial charge >= 0.3 is 0 Å². The number of hydrogen-bond acceptors (Lipinski definition) is 5. The Labute approximate surface area is 152 Å². The van der Waals surface area contributed by atoms with Gasteiger partial charge in [-0.3, -0.25) is 14.3 Å². The van der Waals surface area contributed by atoms with Gasteiger partial charge in [0.25, 0.3) is 0 Å². The van der Waals surface area contributed by atoms with Gasteiger partial charge in [-0.15, -0.1) is 0 Å². The minimum atomic E-state index is -0.495. The molecule has 4 rings (SSSR count). The van der Waals surface area contributed by atoms with E-state index >= 15 is 0 Å². The summed E-state index contributed by atoms with van der Waals surface area (Å²) < 4.78 is 9.72. The molecule has 0 spiro atoms. The van der Waals surface area contributed by atoms with Crippen LogP contribution in [0.3, 0.4) is 0 Å². The van der Waals surface area contributed by atoms with Crippen molar-refractivity contribution in [2.75, 3.05) is 19.6 Å². The van der Waals surface area contributed by atoms with Gasteiger partial charge < -0.3 is 9.84 Å². The maximum absolute atomic E-state index is 10.3. The molecule has 26 heavy (non-hydrogen) atoms. The lowest BCUT2D eigenvalue weighted by atomic mass is 10.2. The summed E-state index contributed by atoms with van der Waals surface area (Å²) in [6.07, 6.45) is 6.58. The predicted octanol–water partition coefficient (Wildman–Crippen LogP) is 1.25. The van der Waals surface area contributed by atoms with Gasteiger partial charge in [-0.25, -0.2) is 0 Å². The van der Waals surface area contributed by atoms with Crippen molar-refractivity contribution < 1.29 is 9.84 Å². The summed E-state index contributed by atoms with van der Waals surface area (Å²) in [6, 6.07) is 12.1. The van der Waals surface area contributed by atoms with Crippen LogP contribution in [0.5, 0.6) is 5.75 Å². The number of aromatic nitrogens is 4. The molecule has 0 saturated carbocycles. The minimum absolute atomic E-state index is 0.234. The molecule has 1 aromatic carbocycles. The van der Waals surface area contributed by atoms with Crippen LogP contribution in [0.4, 0.5) is 0 Å². The van der Waals surface area contributed by atoms with E-state index in [4.69, 9.17) is 4.74 Å². The Hall–Kier alpha value is -2.64. The molecular weight excluding hydrogens is 330 g/mol. The third kappa shape index (κ3) is 4.12. The van der Waals surface area contributed by atoms with Crippen molar-refractivity contribution in [3.63, 3.8) is 0 Å². The number of nitrogens with zero attached hydrogens (tertiary/aromatic N) is 5. The number of ether oxygens (including phenoxy) is 1. The van der Waals surface area contributed by atoms with E-state index in [2.05, 4.69) is 27.2 Å². The molecule has 2 aromatic heterocycles. The molecule has 3 aromatic rings. The van der Waals surface area contributed by atoms with Gasteiger partial charge in [-0.1, -0.05) is 30.3 Å². The quantitative estimate of drug-likeness (QED) is 0.692. The van der Waals surface area contributed by atoms with Crippen molar-refractivity contribution in [2.24, 2.45) is 0 Å². The molecule has 0 aliphatic carbocycles. The van der Waals surface area contributed by atoms with E-state index in [0.717, 1.165) is 13.1 Å². The number of likely N-dealkylation sites (tertiary alicyclic amines) is 1. The van der Waals surface area contributed by atoms with E-state index in [0.29, 0.717) is 25.4 Å². The first-order valence-electron chi connectivity index (χ1n) is 8.87. The molecule has 7 heteroatoms. The van der Waals surface area contributed by atoms with Gasteiger partial charge in [0, 0.05) is 32.0 Å². The van der Waals surface area contributed by atoms with Crippen LogP contribution in [-0.2, 0) is 13.1 Å². The molecule has 1 saturated heterocycles. The first-order valence-corrected chi connectivity index (χ1v) is 8.87. The number of aliphatic hydroxyl groups excluding tert-OH is 1. The SMILES string of the molecule is O[C@@H]1CN(CCn2cccn2)C[C@H]1Oc1cnn(Cc2ccccc2)c1. The molecule has 3 heterocycles. The third-order valence-corrected chi connectivity index (χ3v) is 4.60. The number of aliphatic hydroxyl groups is 1. The minimum Gasteiger partial charge on any atom is -0.483 e.